The van der Waals surface area contributed by atoms with Crippen LogP contribution in [0.2, 0.25) is 0 Å². The van der Waals surface area contributed by atoms with E-state index in [4.69, 9.17) is 0 Å². The second-order valence-corrected chi connectivity index (χ2v) is 9.34. The normalized spacial score (nSPS) is 16.9. The van der Waals surface area contributed by atoms with Crippen LogP contribution >= 0.6 is 0 Å². The average molecular weight is 529 g/mol. The van der Waals surface area contributed by atoms with Crippen LogP contribution in [0.1, 0.15) is 46.2 Å². The maximum atomic E-state index is 13.3. The van der Waals surface area contributed by atoms with Crippen LogP contribution in [0.25, 0.3) is 16.5 Å². The van der Waals surface area contributed by atoms with E-state index < -0.39 is 0 Å². The molecular weight excluding hydrogens is 495 g/mol. The third-order valence-corrected chi connectivity index (χ3v) is 6.92. The van der Waals surface area contributed by atoms with Gasteiger partial charge in [0.1, 0.15) is 5.82 Å². The van der Waals surface area contributed by atoms with Gasteiger partial charge in [-0.05, 0) is 82.1 Å². The molecule has 2 aliphatic heterocycles. The largest absolute Gasteiger partial charge is 0.354 e. The number of amides is 1. The van der Waals surface area contributed by atoms with E-state index in [2.05, 4.69) is 32.7 Å². The summed E-state index contributed by atoms with van der Waals surface area (Å²) in [6.45, 7) is 7.01. The molecule has 4 N–H and O–H groups in total. The summed E-state index contributed by atoms with van der Waals surface area (Å²) in [4.78, 5) is 39.6. The summed E-state index contributed by atoms with van der Waals surface area (Å²) in [5, 5.41) is 4.29. The zero-order valence-electron chi connectivity index (χ0n) is 22.2. The summed E-state index contributed by atoms with van der Waals surface area (Å²) in [6.07, 6.45) is 4.71. The summed E-state index contributed by atoms with van der Waals surface area (Å²) in [6, 6.07) is 13.4. The van der Waals surface area contributed by atoms with Gasteiger partial charge in [-0.1, -0.05) is 6.07 Å². The number of rotatable bonds is 6. The van der Waals surface area contributed by atoms with Gasteiger partial charge >= 0.3 is 0 Å². The molecule has 0 bridgehead atoms. The number of aromatic amines is 1. The highest BCUT2D eigenvalue weighted by molar-refractivity contribution is 6.00. The number of likely N-dealkylation sites (tertiary alicyclic amines) is 1. The molecule has 0 unspecified atom stereocenters. The Balaban J connectivity index is 0.00000172. The van der Waals surface area contributed by atoms with Crippen molar-refractivity contribution in [3.05, 3.63) is 89.1 Å². The highest BCUT2D eigenvalue weighted by atomic mass is 19.1. The summed E-state index contributed by atoms with van der Waals surface area (Å²) < 4.78 is 13.2. The molecule has 2 aromatic carbocycles. The number of ketones is 1. The highest BCUT2D eigenvalue weighted by Gasteiger charge is 2.28. The number of nitrogens with one attached hydrogen (secondary N) is 2. The van der Waals surface area contributed by atoms with Crippen molar-refractivity contribution in [2.24, 2.45) is 21.6 Å². The number of carbonyl (C=O) groups excluding carboxylic acids is 2. The average Bonchev–Trinajstić information content (AvgIpc) is 3.60. The zero-order chi connectivity index (χ0) is 27.9. The lowest BCUT2D eigenvalue weighted by atomic mass is 9.88. The molecule has 0 spiro atoms. The Morgan fingerprint density at radius 1 is 1.10 bits per heavy atom. The molecule has 3 heterocycles. The van der Waals surface area contributed by atoms with Crippen molar-refractivity contribution in [2.75, 3.05) is 26.7 Å². The molecular formula is C30H33FN6O2. The van der Waals surface area contributed by atoms with Crippen LogP contribution in [0.15, 0.2) is 76.5 Å². The Morgan fingerprint density at radius 3 is 2.44 bits per heavy atom. The molecule has 2 aliphatic rings. The molecule has 1 aromatic heterocycles. The summed E-state index contributed by atoms with van der Waals surface area (Å²) in [7, 11) is 1.50. The summed E-state index contributed by atoms with van der Waals surface area (Å²) in [5.74, 6) is 0.293. The van der Waals surface area contributed by atoms with Crippen LogP contribution in [-0.2, 0) is 0 Å². The fourth-order valence-corrected chi connectivity index (χ4v) is 4.91. The minimum Gasteiger partial charge on any atom is -0.354 e. The number of halogens is 1. The molecule has 3 aromatic rings. The molecule has 1 fully saturated rings. The first-order valence-corrected chi connectivity index (χ1v) is 12.9. The molecule has 0 aliphatic carbocycles. The molecule has 39 heavy (non-hydrogen) atoms. The Hall–Kier alpha value is -4.37. The lowest BCUT2D eigenvalue weighted by molar-refractivity contribution is 0.0650. The van der Waals surface area contributed by atoms with Crippen LogP contribution < -0.4 is 11.1 Å². The fourth-order valence-electron chi connectivity index (χ4n) is 4.91. The van der Waals surface area contributed by atoms with E-state index in [-0.39, 0.29) is 23.4 Å². The van der Waals surface area contributed by atoms with Gasteiger partial charge < -0.3 is 20.9 Å². The molecule has 202 valence electrons. The number of benzene rings is 2. The standard InChI is InChI=1S/C29H28FN5O2.CH5N/c1-18-32-17-27(33-18)24(9-12-31-2)26-15-21-3-4-22(16-25(21)34-26)29(37)35-13-10-20(11-14-35)28(36)19-5-7-23(30)8-6-19;1-2/h3-9,12,15-16,20,34H,2,10-11,13-14,17H2,1H3,(H,32,33);2H2,1H3/b12-9-,27-24-;. The van der Waals surface area contributed by atoms with E-state index in [0.717, 1.165) is 33.7 Å². The third-order valence-electron chi connectivity index (χ3n) is 6.92. The molecule has 1 amide bonds. The minimum atomic E-state index is -0.361. The van der Waals surface area contributed by atoms with E-state index in [1.807, 2.05) is 37.3 Å². The van der Waals surface area contributed by atoms with Crippen molar-refractivity contribution in [1.29, 1.82) is 0 Å². The van der Waals surface area contributed by atoms with Crippen molar-refractivity contribution in [2.45, 2.75) is 19.8 Å². The molecule has 0 radical (unpaired) electrons. The summed E-state index contributed by atoms with van der Waals surface area (Å²) >= 11 is 0. The predicted octanol–water partition coefficient (Wildman–Crippen LogP) is 4.56. The fraction of sp³-hybridized carbons (Fsp3) is 0.267. The van der Waals surface area contributed by atoms with Crippen molar-refractivity contribution < 1.29 is 14.0 Å². The topological polar surface area (TPSA) is 116 Å². The Kier molecular flexibility index (Phi) is 8.83. The number of piperidine rings is 1. The van der Waals surface area contributed by atoms with E-state index in [1.54, 1.807) is 11.1 Å². The van der Waals surface area contributed by atoms with Crippen molar-refractivity contribution >= 4 is 40.7 Å². The monoisotopic (exact) mass is 528 g/mol. The number of fused-ring (bicyclic) bond motifs is 1. The number of hydrogen-bond acceptors (Lipinski definition) is 6. The number of amidine groups is 1. The quantitative estimate of drug-likeness (QED) is 0.321. The van der Waals surface area contributed by atoms with Gasteiger partial charge in [-0.2, -0.15) is 0 Å². The number of H-pyrrole nitrogens is 1. The van der Waals surface area contributed by atoms with Crippen LogP contribution in [0.4, 0.5) is 4.39 Å². The SMILES string of the molecule is C=N/C=C\C(=C1/CN=C(C)N1)c1cc2ccc(C(=O)N3CCC(C(=O)c4ccc(F)cc4)CC3)cc2[nH]1.CN. The molecule has 9 heteroatoms. The van der Waals surface area contributed by atoms with Gasteiger partial charge in [0.2, 0.25) is 0 Å². The van der Waals surface area contributed by atoms with E-state index in [9.17, 15) is 14.0 Å². The van der Waals surface area contributed by atoms with Crippen molar-refractivity contribution in [1.82, 2.24) is 15.2 Å². The van der Waals surface area contributed by atoms with Crippen LogP contribution in [0, 0.1) is 11.7 Å². The first kappa shape index (κ1) is 27.7. The maximum absolute atomic E-state index is 13.3. The summed E-state index contributed by atoms with van der Waals surface area (Å²) in [5.41, 5.74) is 9.27. The predicted molar refractivity (Wildman–Crippen MR) is 154 cm³/mol. The smallest absolute Gasteiger partial charge is 0.253 e. The third kappa shape index (κ3) is 6.21. The molecule has 8 nitrogen and oxygen atoms in total. The highest BCUT2D eigenvalue weighted by Crippen LogP contribution is 2.28. The first-order valence-electron chi connectivity index (χ1n) is 12.9. The molecule has 0 atom stereocenters. The second kappa shape index (κ2) is 12.4. The van der Waals surface area contributed by atoms with Gasteiger partial charge in [0.05, 0.1) is 12.4 Å². The molecule has 0 saturated carbocycles. The number of nitrogens with two attached hydrogens (primary N) is 1. The van der Waals surface area contributed by atoms with Crippen molar-refractivity contribution in [3.63, 3.8) is 0 Å². The number of carbonyl (C=O) groups is 2. The number of allylic oxidation sites excluding steroid dienone is 2. The molecule has 5 rings (SSSR count). The van der Waals surface area contributed by atoms with Crippen molar-refractivity contribution in [3.8, 4) is 0 Å². The second-order valence-electron chi connectivity index (χ2n) is 9.34. The number of nitrogens with zero attached hydrogens (tertiary/aromatic N) is 3. The van der Waals surface area contributed by atoms with Crippen LogP contribution in [0.3, 0.4) is 0 Å². The van der Waals surface area contributed by atoms with Gasteiger partial charge in [0.25, 0.3) is 5.91 Å². The lowest BCUT2D eigenvalue weighted by Crippen LogP contribution is -2.40. The van der Waals surface area contributed by atoms with Gasteiger partial charge in [0, 0.05) is 64.2 Å². The Bertz CT molecular complexity index is 1460. The number of aliphatic imine (C=N–C) groups is 2. The lowest BCUT2D eigenvalue weighted by Gasteiger charge is -2.31. The van der Waals surface area contributed by atoms with Crippen LogP contribution in [0.5, 0.6) is 0 Å². The minimum absolute atomic E-state index is 0.00964. The maximum Gasteiger partial charge on any atom is 0.253 e. The number of hydrogen-bond donors (Lipinski definition) is 3. The van der Waals surface area contributed by atoms with Gasteiger partial charge in [0.15, 0.2) is 5.78 Å². The Labute approximate surface area is 227 Å². The zero-order valence-corrected chi connectivity index (χ0v) is 22.2. The Morgan fingerprint density at radius 2 is 1.79 bits per heavy atom. The number of aromatic nitrogens is 1. The number of Topliss-reactive ketones (excluding diaryl/α,β-unsaturated/α-hetero) is 1. The van der Waals surface area contributed by atoms with Gasteiger partial charge in [-0.3, -0.25) is 19.6 Å². The van der Waals surface area contributed by atoms with Gasteiger partial charge in [-0.25, -0.2) is 4.39 Å². The van der Waals surface area contributed by atoms with Crippen LogP contribution in [-0.4, -0.2) is 60.8 Å². The molecule has 1 saturated heterocycles. The van der Waals surface area contributed by atoms with E-state index in [0.29, 0.717) is 43.6 Å². The van der Waals surface area contributed by atoms with E-state index in [1.165, 1.54) is 31.3 Å². The van der Waals surface area contributed by atoms with E-state index >= 15 is 0 Å². The van der Waals surface area contributed by atoms with Gasteiger partial charge in [-0.15, -0.1) is 0 Å². The first-order chi connectivity index (χ1) is 18.9.